The molecular weight excluding hydrogens is 396 g/mol. The van der Waals surface area contributed by atoms with Gasteiger partial charge in [-0.3, -0.25) is 0 Å². The third kappa shape index (κ3) is 4.45. The van der Waals surface area contributed by atoms with Crippen LogP contribution >= 0.6 is 0 Å². The third-order valence-corrected chi connectivity index (χ3v) is 9.76. The molecule has 0 bridgehead atoms. The number of fused-ring (bicyclic) bond motifs is 1. The summed E-state index contributed by atoms with van der Waals surface area (Å²) >= 11 is 0. The van der Waals surface area contributed by atoms with Gasteiger partial charge in [-0.2, -0.15) is 0 Å². The van der Waals surface area contributed by atoms with Gasteiger partial charge < -0.3 is 15.3 Å². The normalized spacial score (nSPS) is 41.2. The van der Waals surface area contributed by atoms with Crippen LogP contribution in [0.5, 0.6) is 0 Å². The van der Waals surface area contributed by atoms with Crippen LogP contribution in [0, 0.1) is 28.6 Å². The van der Waals surface area contributed by atoms with Crippen molar-refractivity contribution >= 4 is 0 Å². The fraction of sp³-hybridized carbons (Fsp3) is 0.724. The maximum Gasteiger partial charge on any atom is 0.0811 e. The summed E-state index contributed by atoms with van der Waals surface area (Å²) in [4.78, 5) is 0. The standard InChI is InChI=1S/C29H44O3/c1-5-29(15-16-29)27(32)13-8-19(2)24-11-12-25-21(7-6-14-28(24,25)4)9-10-22-17-23(30)18-26(31)20(22)3/h8-10,13,19,23-27,30-32H,3,5-7,11-12,14-18H2,1-2,4H3/t19-,23-,24-,25+,26+,27+,28-/m1/s1. The van der Waals surface area contributed by atoms with E-state index in [4.69, 9.17) is 0 Å². The van der Waals surface area contributed by atoms with Crippen molar-refractivity contribution in [3.8, 4) is 0 Å². The van der Waals surface area contributed by atoms with Crippen molar-refractivity contribution < 1.29 is 15.3 Å². The maximum absolute atomic E-state index is 10.7. The molecular formula is C29H44O3. The quantitative estimate of drug-likeness (QED) is 0.453. The van der Waals surface area contributed by atoms with Crippen LogP contribution in [0.15, 0.2) is 47.6 Å². The Kier molecular flexibility index (Phi) is 6.92. The fourth-order valence-electron chi connectivity index (χ4n) is 7.25. The molecule has 0 aromatic heterocycles. The molecule has 0 heterocycles. The zero-order valence-electron chi connectivity index (χ0n) is 20.4. The SMILES string of the molecule is C=C1C(=CC=C2CCC[C@]3(C)[C@@H]([C@H](C)C=C[C@H](O)C4(CC)CC4)CC[C@@H]23)C[C@@H](O)C[C@@H]1O. The van der Waals surface area contributed by atoms with Crippen molar-refractivity contribution in [2.24, 2.45) is 28.6 Å². The minimum atomic E-state index is -0.624. The van der Waals surface area contributed by atoms with Crippen LogP contribution < -0.4 is 0 Å². The highest BCUT2D eigenvalue weighted by atomic mass is 16.3. The molecule has 4 saturated carbocycles. The molecule has 4 rings (SSSR count). The maximum atomic E-state index is 10.7. The van der Waals surface area contributed by atoms with Gasteiger partial charge in [-0.15, -0.1) is 0 Å². The lowest BCUT2D eigenvalue weighted by atomic mass is 9.61. The van der Waals surface area contributed by atoms with E-state index >= 15 is 0 Å². The van der Waals surface area contributed by atoms with Crippen molar-refractivity contribution in [3.05, 3.63) is 47.6 Å². The molecule has 0 aromatic carbocycles. The second-order valence-corrected chi connectivity index (χ2v) is 11.6. The summed E-state index contributed by atoms with van der Waals surface area (Å²) in [5.41, 5.74) is 3.78. The van der Waals surface area contributed by atoms with E-state index in [9.17, 15) is 15.3 Å². The van der Waals surface area contributed by atoms with E-state index in [1.54, 1.807) is 0 Å². The largest absolute Gasteiger partial charge is 0.393 e. The van der Waals surface area contributed by atoms with Gasteiger partial charge in [0.15, 0.2) is 0 Å². The summed E-state index contributed by atoms with van der Waals surface area (Å²) in [6.07, 6.45) is 18.0. The Labute approximate surface area is 195 Å². The van der Waals surface area contributed by atoms with Gasteiger partial charge in [-0.25, -0.2) is 0 Å². The topological polar surface area (TPSA) is 60.7 Å². The minimum Gasteiger partial charge on any atom is -0.393 e. The third-order valence-electron chi connectivity index (χ3n) is 9.76. The van der Waals surface area contributed by atoms with Crippen LogP contribution in [0.2, 0.25) is 0 Å². The molecule has 0 aromatic rings. The molecule has 3 nitrogen and oxygen atoms in total. The zero-order chi connectivity index (χ0) is 23.1. The van der Waals surface area contributed by atoms with Crippen LogP contribution in [0.4, 0.5) is 0 Å². The predicted octanol–water partition coefficient (Wildman–Crippen LogP) is 5.87. The van der Waals surface area contributed by atoms with E-state index in [1.807, 2.05) is 0 Å². The van der Waals surface area contributed by atoms with E-state index in [0.717, 1.165) is 36.8 Å². The second kappa shape index (κ2) is 9.24. The summed E-state index contributed by atoms with van der Waals surface area (Å²) in [7, 11) is 0. The number of rotatable bonds is 6. The number of allylic oxidation sites excluding steroid dienone is 4. The first-order valence-electron chi connectivity index (χ1n) is 13.0. The Balaban J connectivity index is 1.47. The molecule has 4 aliphatic rings. The number of aliphatic hydroxyl groups excluding tert-OH is 3. The minimum absolute atomic E-state index is 0.164. The van der Waals surface area contributed by atoms with E-state index in [0.29, 0.717) is 36.0 Å². The molecule has 0 amide bonds. The van der Waals surface area contributed by atoms with Crippen molar-refractivity contribution in [1.82, 2.24) is 0 Å². The molecule has 0 saturated heterocycles. The van der Waals surface area contributed by atoms with Gasteiger partial charge >= 0.3 is 0 Å². The molecule has 0 spiro atoms. The first kappa shape index (κ1) is 24.0. The molecule has 178 valence electrons. The Morgan fingerprint density at radius 1 is 1.12 bits per heavy atom. The van der Waals surface area contributed by atoms with Gasteiger partial charge in [0.05, 0.1) is 18.3 Å². The van der Waals surface area contributed by atoms with Gasteiger partial charge in [0.2, 0.25) is 0 Å². The van der Waals surface area contributed by atoms with Crippen LogP contribution in [-0.2, 0) is 0 Å². The number of aliphatic hydroxyl groups is 3. The highest BCUT2D eigenvalue weighted by Crippen LogP contribution is 2.60. The molecule has 4 aliphatic carbocycles. The Morgan fingerprint density at radius 2 is 1.88 bits per heavy atom. The van der Waals surface area contributed by atoms with E-state index in [1.165, 1.54) is 31.3 Å². The highest BCUT2D eigenvalue weighted by Gasteiger charge is 2.50. The molecule has 0 unspecified atom stereocenters. The molecule has 3 heteroatoms. The van der Waals surface area contributed by atoms with E-state index in [-0.39, 0.29) is 11.5 Å². The molecule has 4 fully saturated rings. The average molecular weight is 441 g/mol. The number of hydrogen-bond donors (Lipinski definition) is 3. The van der Waals surface area contributed by atoms with Crippen molar-refractivity contribution in [1.29, 1.82) is 0 Å². The van der Waals surface area contributed by atoms with Crippen molar-refractivity contribution in [3.63, 3.8) is 0 Å². The molecule has 3 N–H and O–H groups in total. The second-order valence-electron chi connectivity index (χ2n) is 11.6. The monoisotopic (exact) mass is 440 g/mol. The summed E-state index contributed by atoms with van der Waals surface area (Å²) in [6.45, 7) is 11.1. The molecule has 7 atom stereocenters. The van der Waals surface area contributed by atoms with Crippen molar-refractivity contribution in [2.45, 2.75) is 103 Å². The Morgan fingerprint density at radius 3 is 2.56 bits per heavy atom. The van der Waals surface area contributed by atoms with Gasteiger partial charge in [0.1, 0.15) is 0 Å². The van der Waals surface area contributed by atoms with Gasteiger partial charge in [0, 0.05) is 6.42 Å². The average Bonchev–Trinajstić information content (AvgIpc) is 3.48. The number of hydrogen-bond acceptors (Lipinski definition) is 3. The predicted molar refractivity (Wildman–Crippen MR) is 131 cm³/mol. The lowest BCUT2D eigenvalue weighted by molar-refractivity contribution is 0.0862. The zero-order valence-corrected chi connectivity index (χ0v) is 20.4. The van der Waals surface area contributed by atoms with Crippen LogP contribution in [0.3, 0.4) is 0 Å². The lowest BCUT2D eigenvalue weighted by Crippen LogP contribution is -2.35. The first-order chi connectivity index (χ1) is 15.2. The molecule has 0 radical (unpaired) electrons. The molecule has 32 heavy (non-hydrogen) atoms. The Hall–Kier alpha value is -1.16. The van der Waals surface area contributed by atoms with E-state index < -0.39 is 12.2 Å². The van der Waals surface area contributed by atoms with Crippen LogP contribution in [0.25, 0.3) is 0 Å². The summed E-state index contributed by atoms with van der Waals surface area (Å²) in [5, 5.41) is 30.9. The van der Waals surface area contributed by atoms with E-state index in [2.05, 4.69) is 51.7 Å². The molecule has 0 aliphatic heterocycles. The lowest BCUT2D eigenvalue weighted by Gasteiger charge is -2.44. The fourth-order valence-corrected chi connectivity index (χ4v) is 7.25. The first-order valence-corrected chi connectivity index (χ1v) is 13.0. The van der Waals surface area contributed by atoms with Gasteiger partial charge in [-0.1, -0.05) is 57.2 Å². The van der Waals surface area contributed by atoms with Gasteiger partial charge in [0.25, 0.3) is 0 Å². The Bertz CT molecular complexity index is 801. The van der Waals surface area contributed by atoms with Crippen LogP contribution in [0.1, 0.15) is 85.0 Å². The smallest absolute Gasteiger partial charge is 0.0811 e. The summed E-state index contributed by atoms with van der Waals surface area (Å²) in [5.74, 6) is 1.74. The van der Waals surface area contributed by atoms with Crippen LogP contribution in [-0.4, -0.2) is 33.6 Å². The summed E-state index contributed by atoms with van der Waals surface area (Å²) in [6, 6.07) is 0. The summed E-state index contributed by atoms with van der Waals surface area (Å²) < 4.78 is 0. The highest BCUT2D eigenvalue weighted by molar-refractivity contribution is 5.38. The van der Waals surface area contributed by atoms with Gasteiger partial charge in [-0.05, 0) is 97.5 Å². The van der Waals surface area contributed by atoms with Crippen molar-refractivity contribution in [2.75, 3.05) is 0 Å².